The number of hydrogen-bond donors (Lipinski definition) is 2. The summed E-state index contributed by atoms with van der Waals surface area (Å²) in [5.74, 6) is 1.04. The molecule has 0 bridgehead atoms. The van der Waals surface area contributed by atoms with Crippen molar-refractivity contribution in [2.24, 2.45) is 4.99 Å². The van der Waals surface area contributed by atoms with Gasteiger partial charge in [-0.3, -0.25) is 9.79 Å². The molecule has 0 aromatic rings. The third-order valence-electron chi connectivity index (χ3n) is 6.35. The number of nitrogens with zero attached hydrogens (tertiary/aromatic N) is 2. The number of nitrogens with one attached hydrogen (secondary N) is 2. The number of ether oxygens (including phenoxy) is 2. The maximum Gasteiger partial charge on any atom is 0.221 e. The second-order valence-corrected chi connectivity index (χ2v) is 8.63. The van der Waals surface area contributed by atoms with Gasteiger partial charge in [-0.05, 0) is 44.9 Å². The van der Waals surface area contributed by atoms with Crippen molar-refractivity contribution in [2.75, 3.05) is 39.9 Å². The van der Waals surface area contributed by atoms with E-state index < -0.39 is 0 Å². The molecule has 2 aliphatic heterocycles. The van der Waals surface area contributed by atoms with Crippen molar-refractivity contribution in [2.45, 2.75) is 88.9 Å². The molecule has 7 heteroatoms. The Morgan fingerprint density at radius 3 is 2.52 bits per heavy atom. The van der Waals surface area contributed by atoms with Gasteiger partial charge >= 0.3 is 0 Å². The monoisotopic (exact) mass is 408 g/mol. The highest BCUT2D eigenvalue weighted by atomic mass is 16.5. The lowest BCUT2D eigenvalue weighted by Gasteiger charge is -2.35. The zero-order valence-electron chi connectivity index (χ0n) is 18.2. The maximum atomic E-state index is 12.2. The van der Waals surface area contributed by atoms with E-state index in [4.69, 9.17) is 9.47 Å². The molecule has 3 fully saturated rings. The van der Waals surface area contributed by atoms with Gasteiger partial charge in [-0.1, -0.05) is 19.3 Å². The second kappa shape index (κ2) is 12.4. The number of amides is 1. The fraction of sp³-hybridized carbons (Fsp3) is 0.909. The lowest BCUT2D eigenvalue weighted by molar-refractivity contribution is -0.121. The number of rotatable bonds is 7. The van der Waals surface area contributed by atoms with Crippen LogP contribution in [-0.2, 0) is 14.3 Å². The van der Waals surface area contributed by atoms with Crippen LogP contribution >= 0.6 is 0 Å². The first-order chi connectivity index (χ1) is 14.2. The van der Waals surface area contributed by atoms with E-state index in [1.807, 2.05) is 7.05 Å². The maximum absolute atomic E-state index is 12.2. The minimum Gasteiger partial charge on any atom is -0.376 e. The Balaban J connectivity index is 1.28. The number of hydrogen-bond acceptors (Lipinski definition) is 4. The molecule has 1 unspecified atom stereocenters. The van der Waals surface area contributed by atoms with Crippen LogP contribution < -0.4 is 10.6 Å². The summed E-state index contributed by atoms with van der Waals surface area (Å²) in [7, 11) is 1.81. The summed E-state index contributed by atoms with van der Waals surface area (Å²) >= 11 is 0. The highest BCUT2D eigenvalue weighted by molar-refractivity contribution is 5.81. The van der Waals surface area contributed by atoms with Crippen LogP contribution in [0, 0.1) is 0 Å². The van der Waals surface area contributed by atoms with E-state index in [0.29, 0.717) is 25.1 Å². The average Bonchev–Trinajstić information content (AvgIpc) is 2.77. The lowest BCUT2D eigenvalue weighted by Crippen LogP contribution is -2.48. The van der Waals surface area contributed by atoms with Crippen molar-refractivity contribution in [3.05, 3.63) is 0 Å². The van der Waals surface area contributed by atoms with Gasteiger partial charge in [0.2, 0.25) is 5.91 Å². The van der Waals surface area contributed by atoms with Crippen molar-refractivity contribution < 1.29 is 14.3 Å². The Kier molecular flexibility index (Phi) is 9.54. The molecular formula is C22H40N4O3. The Morgan fingerprint density at radius 1 is 1.07 bits per heavy atom. The minimum absolute atomic E-state index is 0.150. The van der Waals surface area contributed by atoms with E-state index in [1.54, 1.807) is 0 Å². The molecule has 3 aliphatic rings. The van der Waals surface area contributed by atoms with Crippen LogP contribution in [0.5, 0.6) is 0 Å². The normalized spacial score (nSPS) is 25.1. The van der Waals surface area contributed by atoms with Crippen LogP contribution in [0.4, 0.5) is 0 Å². The van der Waals surface area contributed by atoms with Crippen LogP contribution in [0.15, 0.2) is 4.99 Å². The van der Waals surface area contributed by atoms with Crippen molar-refractivity contribution >= 4 is 11.9 Å². The standard InChI is InChI=1S/C22H40N4O3/c1-23-22(24-13-10-21(27)25-18-7-3-2-4-8-18)26-14-11-19(12-15-26)29-17-20-9-5-6-16-28-20/h18-20H,2-17H2,1H3,(H,23,24)(H,25,27). The van der Waals surface area contributed by atoms with Gasteiger partial charge in [-0.2, -0.15) is 0 Å². The first-order valence-corrected chi connectivity index (χ1v) is 11.7. The number of aliphatic imine (C=N–C) groups is 1. The Hall–Kier alpha value is -1.34. The average molecular weight is 409 g/mol. The van der Waals surface area contributed by atoms with Crippen LogP contribution in [0.25, 0.3) is 0 Å². The number of carbonyl (C=O) groups is 1. The topological polar surface area (TPSA) is 75.2 Å². The SMILES string of the molecule is CN=C(NCCC(=O)NC1CCCCC1)N1CCC(OCC2CCCCO2)CC1. The van der Waals surface area contributed by atoms with Crippen molar-refractivity contribution in [3.63, 3.8) is 0 Å². The molecule has 0 aromatic heterocycles. The molecule has 2 heterocycles. The first-order valence-electron chi connectivity index (χ1n) is 11.7. The zero-order valence-corrected chi connectivity index (χ0v) is 18.2. The van der Waals surface area contributed by atoms with E-state index in [-0.39, 0.29) is 12.0 Å². The van der Waals surface area contributed by atoms with E-state index in [9.17, 15) is 4.79 Å². The summed E-state index contributed by atoms with van der Waals surface area (Å²) in [5.41, 5.74) is 0. The number of guanidine groups is 1. The molecule has 7 nitrogen and oxygen atoms in total. The van der Waals surface area contributed by atoms with Gasteiger partial charge in [0.1, 0.15) is 0 Å². The molecule has 2 N–H and O–H groups in total. The smallest absolute Gasteiger partial charge is 0.221 e. The minimum atomic E-state index is 0.150. The van der Waals surface area contributed by atoms with Gasteiger partial charge in [-0.15, -0.1) is 0 Å². The van der Waals surface area contributed by atoms with E-state index in [1.165, 1.54) is 32.1 Å². The molecule has 1 saturated carbocycles. The largest absolute Gasteiger partial charge is 0.376 e. The van der Waals surface area contributed by atoms with Gasteiger partial charge in [0, 0.05) is 45.8 Å². The fourth-order valence-corrected chi connectivity index (χ4v) is 4.58. The predicted molar refractivity (Wildman–Crippen MR) is 115 cm³/mol. The van der Waals surface area contributed by atoms with Gasteiger partial charge < -0.3 is 25.0 Å². The molecule has 166 valence electrons. The third-order valence-corrected chi connectivity index (χ3v) is 6.35. The molecular weight excluding hydrogens is 368 g/mol. The first kappa shape index (κ1) is 22.3. The molecule has 2 saturated heterocycles. The molecule has 29 heavy (non-hydrogen) atoms. The van der Waals surface area contributed by atoms with Crippen molar-refractivity contribution in [1.29, 1.82) is 0 Å². The second-order valence-electron chi connectivity index (χ2n) is 8.63. The molecule has 0 aromatic carbocycles. The summed E-state index contributed by atoms with van der Waals surface area (Å²) < 4.78 is 11.9. The number of carbonyl (C=O) groups excluding carboxylic acids is 1. The van der Waals surface area contributed by atoms with Gasteiger partial charge in [0.25, 0.3) is 0 Å². The summed E-state index contributed by atoms with van der Waals surface area (Å²) in [6.45, 7) is 4.11. The molecule has 0 spiro atoms. The molecule has 1 aliphatic carbocycles. The Morgan fingerprint density at radius 2 is 1.83 bits per heavy atom. The highest BCUT2D eigenvalue weighted by Crippen LogP contribution is 2.18. The number of piperidine rings is 1. The molecule has 1 atom stereocenters. The van der Waals surface area contributed by atoms with Gasteiger partial charge in [-0.25, -0.2) is 0 Å². The molecule has 0 radical (unpaired) electrons. The van der Waals surface area contributed by atoms with Crippen molar-refractivity contribution in [1.82, 2.24) is 15.5 Å². The van der Waals surface area contributed by atoms with Crippen LogP contribution in [0.1, 0.15) is 70.6 Å². The van der Waals surface area contributed by atoms with Crippen LogP contribution in [-0.4, -0.2) is 74.9 Å². The van der Waals surface area contributed by atoms with Crippen LogP contribution in [0.2, 0.25) is 0 Å². The van der Waals surface area contributed by atoms with Gasteiger partial charge in [0.05, 0.1) is 18.8 Å². The fourth-order valence-electron chi connectivity index (χ4n) is 4.58. The van der Waals surface area contributed by atoms with Crippen LogP contribution in [0.3, 0.4) is 0 Å². The third kappa shape index (κ3) is 7.78. The zero-order chi connectivity index (χ0) is 20.3. The highest BCUT2D eigenvalue weighted by Gasteiger charge is 2.24. The van der Waals surface area contributed by atoms with E-state index in [0.717, 1.165) is 64.4 Å². The lowest BCUT2D eigenvalue weighted by atomic mass is 9.95. The summed E-state index contributed by atoms with van der Waals surface area (Å²) in [6.07, 6.45) is 12.7. The van der Waals surface area contributed by atoms with Crippen molar-refractivity contribution in [3.8, 4) is 0 Å². The van der Waals surface area contributed by atoms with E-state index >= 15 is 0 Å². The predicted octanol–water partition coefficient (Wildman–Crippen LogP) is 2.45. The summed E-state index contributed by atoms with van der Waals surface area (Å²) in [4.78, 5) is 18.9. The molecule has 3 rings (SSSR count). The van der Waals surface area contributed by atoms with Gasteiger partial charge in [0.15, 0.2) is 5.96 Å². The molecule has 1 amide bonds. The summed E-state index contributed by atoms with van der Waals surface area (Å²) in [5, 5.41) is 6.54. The Bertz CT molecular complexity index is 508. The number of likely N-dealkylation sites (tertiary alicyclic amines) is 1. The Labute approximate surface area is 176 Å². The van der Waals surface area contributed by atoms with E-state index in [2.05, 4.69) is 20.5 Å². The summed E-state index contributed by atoms with van der Waals surface area (Å²) in [6, 6.07) is 0.383. The quantitative estimate of drug-likeness (QED) is 0.500.